The van der Waals surface area contributed by atoms with E-state index in [0.29, 0.717) is 6.54 Å². The van der Waals surface area contributed by atoms with Gasteiger partial charge in [0.2, 0.25) is 0 Å². The first-order valence-electron chi connectivity index (χ1n) is 5.88. The maximum atomic E-state index is 6.27. The van der Waals surface area contributed by atoms with Crippen molar-refractivity contribution in [3.63, 3.8) is 0 Å². The van der Waals surface area contributed by atoms with Crippen molar-refractivity contribution in [3.8, 4) is 0 Å². The fourth-order valence-corrected chi connectivity index (χ4v) is 1.48. The maximum absolute atomic E-state index is 6.27. The van der Waals surface area contributed by atoms with Crippen LogP contribution in [0.4, 0.5) is 0 Å². The van der Waals surface area contributed by atoms with Crippen LogP contribution in [-0.2, 0) is 0 Å². The molecule has 0 aliphatic heterocycles. The Morgan fingerprint density at radius 3 is 1.50 bits per heavy atom. The third-order valence-corrected chi connectivity index (χ3v) is 2.85. The molecule has 0 radical (unpaired) electrons. The van der Waals surface area contributed by atoms with Crippen molar-refractivity contribution in [2.75, 3.05) is 6.54 Å². The van der Waals surface area contributed by atoms with Crippen LogP contribution in [0, 0.1) is 11.8 Å². The molecule has 0 saturated carbocycles. The zero-order valence-corrected chi connectivity index (χ0v) is 10.3. The molecule has 0 aliphatic carbocycles. The van der Waals surface area contributed by atoms with Gasteiger partial charge in [-0.2, -0.15) is 0 Å². The number of nitrogens with two attached hydrogens (primary N) is 2. The summed E-state index contributed by atoms with van der Waals surface area (Å²) >= 11 is 0. The van der Waals surface area contributed by atoms with Gasteiger partial charge >= 0.3 is 0 Å². The molecule has 0 amide bonds. The third kappa shape index (κ3) is 6.39. The Bertz CT molecular complexity index is 129. The van der Waals surface area contributed by atoms with Crippen LogP contribution in [0.2, 0.25) is 0 Å². The first kappa shape index (κ1) is 13.9. The van der Waals surface area contributed by atoms with Crippen LogP contribution in [0.5, 0.6) is 0 Å². The second kappa shape index (κ2) is 6.41. The Balaban J connectivity index is 3.91. The predicted octanol–water partition coefficient (Wildman–Crippen LogP) is 2.52. The molecule has 0 rings (SSSR count). The minimum atomic E-state index is -0.117. The van der Waals surface area contributed by atoms with E-state index in [9.17, 15) is 0 Å². The summed E-state index contributed by atoms with van der Waals surface area (Å²) < 4.78 is 0. The van der Waals surface area contributed by atoms with Crippen molar-refractivity contribution in [3.05, 3.63) is 0 Å². The van der Waals surface area contributed by atoms with Crippen LogP contribution < -0.4 is 11.5 Å². The Labute approximate surface area is 89.4 Å². The highest BCUT2D eigenvalue weighted by molar-refractivity contribution is 4.85. The zero-order chi connectivity index (χ0) is 11.2. The molecule has 0 heterocycles. The molecule has 14 heavy (non-hydrogen) atoms. The van der Waals surface area contributed by atoms with Crippen LogP contribution in [-0.4, -0.2) is 12.1 Å². The van der Waals surface area contributed by atoms with Gasteiger partial charge in [0.25, 0.3) is 0 Å². The van der Waals surface area contributed by atoms with Crippen molar-refractivity contribution < 1.29 is 0 Å². The van der Waals surface area contributed by atoms with Gasteiger partial charge in [-0.15, -0.1) is 0 Å². The van der Waals surface area contributed by atoms with Gasteiger partial charge < -0.3 is 11.5 Å². The van der Waals surface area contributed by atoms with Gasteiger partial charge in [0.15, 0.2) is 0 Å². The van der Waals surface area contributed by atoms with E-state index in [1.807, 2.05) is 0 Å². The standard InChI is InChI=1S/C12H28N2/c1-10(2)5-7-12(14,9-13)8-6-11(3)4/h10-11H,5-9,13-14H2,1-4H3. The lowest BCUT2D eigenvalue weighted by Gasteiger charge is -2.29. The number of hydrogen-bond acceptors (Lipinski definition) is 2. The Morgan fingerprint density at radius 1 is 0.929 bits per heavy atom. The molecular formula is C12H28N2. The molecule has 2 nitrogen and oxygen atoms in total. The first-order chi connectivity index (χ1) is 6.39. The molecule has 0 aromatic rings. The van der Waals surface area contributed by atoms with Crippen LogP contribution in [0.3, 0.4) is 0 Å². The molecule has 2 heteroatoms. The second-order valence-corrected chi connectivity index (χ2v) is 5.43. The van der Waals surface area contributed by atoms with E-state index in [1.54, 1.807) is 0 Å². The summed E-state index contributed by atoms with van der Waals surface area (Å²) in [5, 5.41) is 0. The van der Waals surface area contributed by atoms with Crippen molar-refractivity contribution in [1.29, 1.82) is 0 Å². The van der Waals surface area contributed by atoms with Crippen LogP contribution >= 0.6 is 0 Å². The van der Waals surface area contributed by atoms with Gasteiger partial charge in [-0.3, -0.25) is 0 Å². The summed E-state index contributed by atoms with van der Waals surface area (Å²) in [5.74, 6) is 1.45. The topological polar surface area (TPSA) is 52.0 Å². The largest absolute Gasteiger partial charge is 0.329 e. The summed E-state index contributed by atoms with van der Waals surface area (Å²) in [6.07, 6.45) is 4.50. The number of rotatable bonds is 7. The molecule has 4 N–H and O–H groups in total. The fraction of sp³-hybridized carbons (Fsp3) is 1.00. The fourth-order valence-electron chi connectivity index (χ4n) is 1.48. The van der Waals surface area contributed by atoms with Crippen molar-refractivity contribution in [1.82, 2.24) is 0 Å². The van der Waals surface area contributed by atoms with E-state index in [4.69, 9.17) is 11.5 Å². The summed E-state index contributed by atoms with van der Waals surface area (Å²) in [6, 6.07) is 0. The second-order valence-electron chi connectivity index (χ2n) is 5.43. The molecule has 0 aromatic heterocycles. The van der Waals surface area contributed by atoms with Crippen molar-refractivity contribution >= 4 is 0 Å². The average Bonchev–Trinajstić information content (AvgIpc) is 2.11. The normalized spacial score (nSPS) is 12.9. The minimum Gasteiger partial charge on any atom is -0.329 e. The molecule has 0 fully saturated rings. The van der Waals surface area contributed by atoms with Gasteiger partial charge in [-0.05, 0) is 37.5 Å². The van der Waals surface area contributed by atoms with E-state index in [2.05, 4.69) is 27.7 Å². The van der Waals surface area contributed by atoms with Crippen LogP contribution in [0.15, 0.2) is 0 Å². The van der Waals surface area contributed by atoms with Gasteiger partial charge in [0.05, 0.1) is 0 Å². The van der Waals surface area contributed by atoms with Gasteiger partial charge in [0, 0.05) is 12.1 Å². The SMILES string of the molecule is CC(C)CCC(N)(CN)CCC(C)C. The molecule has 0 spiro atoms. The highest BCUT2D eigenvalue weighted by Gasteiger charge is 2.22. The zero-order valence-electron chi connectivity index (χ0n) is 10.3. The Hall–Kier alpha value is -0.0800. The monoisotopic (exact) mass is 200 g/mol. The maximum Gasteiger partial charge on any atom is 0.0278 e. The lowest BCUT2D eigenvalue weighted by molar-refractivity contribution is 0.318. The van der Waals surface area contributed by atoms with E-state index < -0.39 is 0 Å². The van der Waals surface area contributed by atoms with Crippen LogP contribution in [0.25, 0.3) is 0 Å². The predicted molar refractivity (Wildman–Crippen MR) is 64.1 cm³/mol. The van der Waals surface area contributed by atoms with Crippen LogP contribution in [0.1, 0.15) is 53.4 Å². The van der Waals surface area contributed by atoms with Crippen molar-refractivity contribution in [2.45, 2.75) is 58.9 Å². The average molecular weight is 200 g/mol. The Morgan fingerprint density at radius 2 is 1.29 bits per heavy atom. The minimum absolute atomic E-state index is 0.117. The highest BCUT2D eigenvalue weighted by atomic mass is 14.8. The van der Waals surface area contributed by atoms with Gasteiger partial charge in [-0.25, -0.2) is 0 Å². The quantitative estimate of drug-likeness (QED) is 0.663. The molecule has 0 aliphatic rings. The van der Waals surface area contributed by atoms with Gasteiger partial charge in [-0.1, -0.05) is 27.7 Å². The number of hydrogen-bond donors (Lipinski definition) is 2. The summed E-state index contributed by atoms with van der Waals surface area (Å²) in [6.45, 7) is 9.56. The van der Waals surface area contributed by atoms with Crippen molar-refractivity contribution in [2.24, 2.45) is 23.3 Å². The molecule has 0 saturated heterocycles. The van der Waals surface area contributed by atoms with E-state index in [-0.39, 0.29) is 5.54 Å². The summed E-state index contributed by atoms with van der Waals surface area (Å²) in [5.41, 5.74) is 11.9. The molecule has 86 valence electrons. The molecule has 0 aromatic carbocycles. The third-order valence-electron chi connectivity index (χ3n) is 2.85. The Kier molecular flexibility index (Phi) is 6.38. The van der Waals surface area contributed by atoms with E-state index >= 15 is 0 Å². The summed E-state index contributed by atoms with van der Waals surface area (Å²) in [7, 11) is 0. The molecular weight excluding hydrogens is 172 g/mol. The lowest BCUT2D eigenvalue weighted by atomic mass is 9.85. The molecule has 0 unspecified atom stereocenters. The first-order valence-corrected chi connectivity index (χ1v) is 5.88. The summed E-state index contributed by atoms with van der Waals surface area (Å²) in [4.78, 5) is 0. The van der Waals surface area contributed by atoms with Gasteiger partial charge in [0.1, 0.15) is 0 Å². The lowest BCUT2D eigenvalue weighted by Crippen LogP contribution is -2.47. The smallest absolute Gasteiger partial charge is 0.0278 e. The van der Waals surface area contributed by atoms with E-state index in [1.165, 1.54) is 12.8 Å². The molecule has 0 bridgehead atoms. The van der Waals surface area contributed by atoms with E-state index in [0.717, 1.165) is 24.7 Å². The highest BCUT2D eigenvalue weighted by Crippen LogP contribution is 2.20. The molecule has 0 atom stereocenters.